The second-order valence-corrected chi connectivity index (χ2v) is 12.3. The van der Waals surface area contributed by atoms with Gasteiger partial charge in [-0.2, -0.15) is 22.7 Å². The molecule has 10 nitrogen and oxygen atoms in total. The minimum atomic E-state index is -4.63. The number of hydrogen-bond donors (Lipinski definition) is 2. The summed E-state index contributed by atoms with van der Waals surface area (Å²) in [5, 5.41) is 7.74. The highest BCUT2D eigenvalue weighted by molar-refractivity contribution is 6.31. The second kappa shape index (κ2) is 11.5. The molecule has 2 unspecified atom stereocenters. The molecule has 1 amide bonds. The van der Waals surface area contributed by atoms with Crippen LogP contribution in [0.1, 0.15) is 74.6 Å². The van der Waals surface area contributed by atoms with Crippen LogP contribution in [-0.2, 0) is 22.1 Å². The average molecular weight is 634 g/mol. The van der Waals surface area contributed by atoms with Gasteiger partial charge in [0.2, 0.25) is 11.7 Å². The van der Waals surface area contributed by atoms with Crippen molar-refractivity contribution in [3.05, 3.63) is 62.3 Å². The van der Waals surface area contributed by atoms with E-state index in [9.17, 15) is 22.8 Å². The number of aromatic nitrogens is 4. The van der Waals surface area contributed by atoms with Crippen LogP contribution in [0.2, 0.25) is 5.02 Å². The fourth-order valence-electron chi connectivity index (χ4n) is 6.79. The average Bonchev–Trinajstić information content (AvgIpc) is 3.63. The van der Waals surface area contributed by atoms with Crippen LogP contribution in [0.15, 0.2) is 29.1 Å². The monoisotopic (exact) mass is 633 g/mol. The SMILES string of the molecule is CCc1c(N2CCN[C@H](C)C2)c(=O)n2nc(C3=CCC4(CCCO4)CC3)nc2n1C(C(N)=O)c1ccc(C(F)(F)F)cc1Cl. The third kappa shape index (κ3) is 5.39. The number of piperazine rings is 1. The van der Waals surface area contributed by atoms with Crippen LogP contribution in [0, 0.1) is 0 Å². The highest BCUT2D eigenvalue weighted by Crippen LogP contribution is 2.41. The van der Waals surface area contributed by atoms with Gasteiger partial charge in [0.15, 0.2) is 5.82 Å². The highest BCUT2D eigenvalue weighted by atomic mass is 35.5. The number of allylic oxidation sites excluding steroid dienone is 1. The Bertz CT molecular complexity index is 1690. The number of amides is 1. The molecule has 1 aromatic carbocycles. The number of alkyl halides is 3. The molecule has 0 bridgehead atoms. The molecule has 14 heteroatoms. The first-order chi connectivity index (χ1) is 20.9. The Morgan fingerprint density at radius 3 is 2.70 bits per heavy atom. The van der Waals surface area contributed by atoms with E-state index in [4.69, 9.17) is 27.1 Å². The van der Waals surface area contributed by atoms with Crippen molar-refractivity contribution in [1.29, 1.82) is 0 Å². The molecule has 3 aliphatic rings. The lowest BCUT2D eigenvalue weighted by Crippen LogP contribution is -2.51. The number of nitrogens with one attached hydrogen (secondary N) is 1. The predicted octanol–water partition coefficient (Wildman–Crippen LogP) is 4.11. The van der Waals surface area contributed by atoms with Gasteiger partial charge in [0.05, 0.1) is 16.9 Å². The van der Waals surface area contributed by atoms with Crippen LogP contribution < -0.4 is 21.5 Å². The molecule has 0 saturated carbocycles. The fraction of sp³-hybridized carbons (Fsp3) is 0.533. The smallest absolute Gasteiger partial charge is 0.375 e. The number of carbonyl (C=O) groups is 1. The summed E-state index contributed by atoms with van der Waals surface area (Å²) in [6, 6.07) is 1.51. The maximum atomic E-state index is 14.2. The number of hydrogen-bond acceptors (Lipinski definition) is 7. The van der Waals surface area contributed by atoms with Gasteiger partial charge in [0.1, 0.15) is 11.7 Å². The highest BCUT2D eigenvalue weighted by Gasteiger charge is 2.38. The molecule has 3 atom stereocenters. The zero-order valence-electron chi connectivity index (χ0n) is 24.6. The van der Waals surface area contributed by atoms with E-state index in [1.165, 1.54) is 9.08 Å². The van der Waals surface area contributed by atoms with E-state index in [-0.39, 0.29) is 28.0 Å². The van der Waals surface area contributed by atoms with E-state index < -0.39 is 29.2 Å². The lowest BCUT2D eigenvalue weighted by Gasteiger charge is -2.35. The number of ether oxygens (including phenoxy) is 1. The lowest BCUT2D eigenvalue weighted by atomic mass is 9.83. The number of primary amides is 1. The van der Waals surface area contributed by atoms with Gasteiger partial charge in [-0.1, -0.05) is 30.7 Å². The van der Waals surface area contributed by atoms with Gasteiger partial charge in [-0.25, -0.2) is 0 Å². The molecule has 2 aliphatic heterocycles. The first-order valence-corrected chi connectivity index (χ1v) is 15.3. The molecule has 2 aromatic heterocycles. The maximum absolute atomic E-state index is 14.2. The van der Waals surface area contributed by atoms with Gasteiger partial charge in [-0.15, -0.1) is 5.10 Å². The molecule has 236 valence electrons. The standard InChI is InChI=1S/C30H35ClF3N7O3/c1-3-22-24(39-13-12-36-17(2)16-39)27(43)41-28(37-26(38-41)18-7-10-29(11-8-18)9-4-14-44-29)40(22)23(25(35)42)20-6-5-19(15-21(20)31)30(32,33)34/h5-7,15,17,23,36H,3-4,8-14,16H2,1-2H3,(H2,35,42)/t17-,23?,29?/m1/s1. The Hall–Kier alpha value is -3.42. The lowest BCUT2D eigenvalue weighted by molar-refractivity contribution is -0.137. The Kier molecular flexibility index (Phi) is 8.00. The van der Waals surface area contributed by atoms with Crippen LogP contribution in [0.4, 0.5) is 18.9 Å². The van der Waals surface area contributed by atoms with Gasteiger partial charge in [-0.05, 0) is 63.2 Å². The van der Waals surface area contributed by atoms with Crippen molar-refractivity contribution in [3.8, 4) is 0 Å². The number of nitrogens with zero attached hydrogens (tertiary/aromatic N) is 5. The van der Waals surface area contributed by atoms with E-state index in [1.807, 2.05) is 18.7 Å². The summed E-state index contributed by atoms with van der Waals surface area (Å²) >= 11 is 6.43. The third-order valence-corrected chi connectivity index (χ3v) is 9.30. The molecule has 2 saturated heterocycles. The number of benzene rings is 1. The third-order valence-electron chi connectivity index (χ3n) is 8.98. The topological polar surface area (TPSA) is 120 Å². The zero-order valence-corrected chi connectivity index (χ0v) is 25.3. The quantitative estimate of drug-likeness (QED) is 0.419. The van der Waals surface area contributed by atoms with Crippen molar-refractivity contribution >= 4 is 34.5 Å². The number of halogens is 4. The summed E-state index contributed by atoms with van der Waals surface area (Å²) in [6.07, 6.45) is 1.88. The summed E-state index contributed by atoms with van der Waals surface area (Å²) in [7, 11) is 0. The van der Waals surface area contributed by atoms with Crippen molar-refractivity contribution in [1.82, 2.24) is 24.5 Å². The second-order valence-electron chi connectivity index (χ2n) is 11.9. The summed E-state index contributed by atoms with van der Waals surface area (Å²) in [4.78, 5) is 34.2. The van der Waals surface area contributed by atoms with E-state index in [1.54, 1.807) is 0 Å². The van der Waals surface area contributed by atoms with Gasteiger partial charge in [-0.3, -0.25) is 14.2 Å². The molecule has 2 fully saturated rings. The van der Waals surface area contributed by atoms with Crippen molar-refractivity contribution in [2.45, 2.75) is 76.2 Å². The summed E-state index contributed by atoms with van der Waals surface area (Å²) in [6.45, 7) is 6.26. The van der Waals surface area contributed by atoms with Crippen molar-refractivity contribution in [3.63, 3.8) is 0 Å². The summed E-state index contributed by atoms with van der Waals surface area (Å²) in [5.41, 5.74) is 6.19. The van der Waals surface area contributed by atoms with Gasteiger partial charge < -0.3 is 20.7 Å². The van der Waals surface area contributed by atoms with Crippen LogP contribution in [0.25, 0.3) is 11.4 Å². The fourth-order valence-corrected chi connectivity index (χ4v) is 7.07. The van der Waals surface area contributed by atoms with Crippen LogP contribution in [0.3, 0.4) is 0 Å². The van der Waals surface area contributed by atoms with E-state index in [0.717, 1.165) is 49.6 Å². The first-order valence-electron chi connectivity index (χ1n) is 14.9. The Morgan fingerprint density at radius 1 is 1.32 bits per heavy atom. The predicted molar refractivity (Wildman–Crippen MR) is 160 cm³/mol. The molecule has 44 heavy (non-hydrogen) atoms. The Labute approximate surface area is 257 Å². The Balaban J connectivity index is 1.58. The molecule has 1 aliphatic carbocycles. The van der Waals surface area contributed by atoms with Crippen LogP contribution >= 0.6 is 11.6 Å². The number of carbonyl (C=O) groups excluding carboxylic acids is 1. The number of rotatable bonds is 6. The van der Waals surface area contributed by atoms with E-state index in [2.05, 4.69) is 16.5 Å². The van der Waals surface area contributed by atoms with Gasteiger partial charge >= 0.3 is 6.18 Å². The molecular formula is C30H35ClF3N7O3. The number of anilines is 1. The molecule has 1 spiro atoms. The first kappa shape index (κ1) is 30.6. The largest absolute Gasteiger partial charge is 0.416 e. The number of fused-ring (bicyclic) bond motifs is 1. The molecule has 3 N–H and O–H groups in total. The Morgan fingerprint density at radius 2 is 2.11 bits per heavy atom. The van der Waals surface area contributed by atoms with Crippen LogP contribution in [-0.4, -0.2) is 63.0 Å². The van der Waals surface area contributed by atoms with Gasteiger partial charge in [0.25, 0.3) is 5.56 Å². The van der Waals surface area contributed by atoms with Crippen molar-refractivity contribution in [2.75, 3.05) is 31.1 Å². The molecule has 3 aromatic rings. The zero-order chi connectivity index (χ0) is 31.4. The molecular weight excluding hydrogens is 599 g/mol. The summed E-state index contributed by atoms with van der Waals surface area (Å²) in [5.74, 6) is -0.460. The van der Waals surface area contributed by atoms with Crippen molar-refractivity contribution < 1.29 is 22.7 Å². The van der Waals surface area contributed by atoms with Gasteiger partial charge in [0, 0.05) is 42.9 Å². The van der Waals surface area contributed by atoms with Crippen molar-refractivity contribution in [2.24, 2.45) is 5.73 Å². The summed E-state index contributed by atoms with van der Waals surface area (Å²) < 4.78 is 49.2. The minimum absolute atomic E-state index is 0.0619. The van der Waals surface area contributed by atoms with E-state index in [0.29, 0.717) is 56.1 Å². The van der Waals surface area contributed by atoms with E-state index >= 15 is 0 Å². The molecule has 4 heterocycles. The maximum Gasteiger partial charge on any atom is 0.416 e. The van der Waals surface area contributed by atoms with Crippen LogP contribution in [0.5, 0.6) is 0 Å². The number of nitrogens with two attached hydrogens (primary N) is 1. The minimum Gasteiger partial charge on any atom is -0.375 e. The normalized spacial score (nSPS) is 23.4. The molecule has 0 radical (unpaired) electrons. The molecule has 6 rings (SSSR count).